The molecule has 0 bridgehead atoms. The molecule has 1 aliphatic carbocycles. The predicted octanol–water partition coefficient (Wildman–Crippen LogP) is 5.03. The molecule has 1 fully saturated rings. The van der Waals surface area contributed by atoms with Gasteiger partial charge in [0, 0.05) is 0 Å². The molecule has 2 unspecified atom stereocenters. The van der Waals surface area contributed by atoms with Gasteiger partial charge in [-0.2, -0.15) is 0 Å². The van der Waals surface area contributed by atoms with Gasteiger partial charge in [-0.15, -0.1) is 0 Å². The van der Waals surface area contributed by atoms with E-state index in [0.29, 0.717) is 11.8 Å². The predicted molar refractivity (Wildman–Crippen MR) is 79.6 cm³/mol. The van der Waals surface area contributed by atoms with Crippen LogP contribution in [0.4, 0.5) is 0 Å². The average Bonchev–Trinajstić information content (AvgIpc) is 2.60. The van der Waals surface area contributed by atoms with Gasteiger partial charge in [0.25, 0.3) is 0 Å². The van der Waals surface area contributed by atoms with Crippen LogP contribution < -0.4 is 0 Å². The molecule has 0 heterocycles. The van der Waals surface area contributed by atoms with E-state index in [1.807, 2.05) is 0 Å². The monoisotopic (exact) mass is 254 g/mol. The Labute approximate surface area is 114 Å². The summed E-state index contributed by atoms with van der Waals surface area (Å²) in [5.41, 5.74) is 0. The van der Waals surface area contributed by atoms with Crippen molar-refractivity contribution in [1.29, 1.82) is 0 Å². The first-order valence-corrected chi connectivity index (χ1v) is 8.18. The topological polar surface area (TPSA) is 20.2 Å². The lowest BCUT2D eigenvalue weighted by atomic mass is 9.91. The van der Waals surface area contributed by atoms with Gasteiger partial charge in [-0.05, 0) is 49.4 Å². The van der Waals surface area contributed by atoms with Crippen molar-refractivity contribution >= 4 is 0 Å². The molecule has 0 spiro atoms. The zero-order chi connectivity index (χ0) is 13.5. The quantitative estimate of drug-likeness (QED) is 0.644. The molecule has 1 heteroatoms. The highest BCUT2D eigenvalue weighted by Crippen LogP contribution is 2.37. The minimum absolute atomic E-state index is 0.00400. The fourth-order valence-electron chi connectivity index (χ4n) is 3.36. The van der Waals surface area contributed by atoms with E-state index in [-0.39, 0.29) is 6.10 Å². The van der Waals surface area contributed by atoms with E-state index in [0.717, 1.165) is 11.8 Å². The molecule has 1 rings (SSSR count). The molecule has 2 atom stereocenters. The van der Waals surface area contributed by atoms with Gasteiger partial charge in [-0.3, -0.25) is 0 Å². The van der Waals surface area contributed by atoms with Crippen LogP contribution in [-0.2, 0) is 0 Å². The summed E-state index contributed by atoms with van der Waals surface area (Å²) in [7, 11) is 0. The molecule has 1 nitrogen and oxygen atoms in total. The minimum atomic E-state index is 0.00400. The number of rotatable bonds is 8. The number of aliphatic hydroxyl groups is 1. The third-order valence-electron chi connectivity index (χ3n) is 4.59. The molecule has 0 aromatic rings. The molecule has 0 aromatic carbocycles. The van der Waals surface area contributed by atoms with E-state index in [9.17, 15) is 5.11 Å². The van der Waals surface area contributed by atoms with Crippen LogP contribution in [0, 0.1) is 23.7 Å². The Bertz CT molecular complexity index is 188. The summed E-state index contributed by atoms with van der Waals surface area (Å²) >= 11 is 0. The molecule has 108 valence electrons. The van der Waals surface area contributed by atoms with E-state index in [4.69, 9.17) is 0 Å². The molecular weight excluding hydrogens is 220 g/mol. The van der Waals surface area contributed by atoms with E-state index in [1.165, 1.54) is 51.4 Å². The Morgan fingerprint density at radius 3 is 1.56 bits per heavy atom. The molecule has 1 N–H and O–H groups in total. The summed E-state index contributed by atoms with van der Waals surface area (Å²) in [6.07, 6.45) is 10.3. The number of aliphatic hydroxyl groups excluding tert-OH is 1. The molecule has 0 saturated heterocycles. The maximum atomic E-state index is 10.4. The highest BCUT2D eigenvalue weighted by molar-refractivity contribution is 4.84. The summed E-state index contributed by atoms with van der Waals surface area (Å²) in [6.45, 7) is 9.17. The normalized spacial score (nSPS) is 28.5. The summed E-state index contributed by atoms with van der Waals surface area (Å²) in [6, 6.07) is 0. The van der Waals surface area contributed by atoms with Gasteiger partial charge in [0.15, 0.2) is 0 Å². The Morgan fingerprint density at radius 2 is 1.22 bits per heavy atom. The standard InChI is InChI=1S/C17H34O/c1-13(2)7-5-9-15-11-12-16(17(15)18)10-6-8-14(3)4/h13-18H,5-12H2,1-4H3. The fraction of sp³-hybridized carbons (Fsp3) is 1.00. The van der Waals surface area contributed by atoms with Crippen LogP contribution in [-0.4, -0.2) is 11.2 Å². The second kappa shape index (κ2) is 8.19. The van der Waals surface area contributed by atoms with E-state index >= 15 is 0 Å². The van der Waals surface area contributed by atoms with Gasteiger partial charge in [0.05, 0.1) is 6.10 Å². The second-order valence-electron chi connectivity index (χ2n) is 7.24. The summed E-state index contributed by atoms with van der Waals surface area (Å²) in [5, 5.41) is 10.4. The SMILES string of the molecule is CC(C)CCCC1CCC(CCCC(C)C)C1O. The van der Waals surface area contributed by atoms with Crippen molar-refractivity contribution in [3.05, 3.63) is 0 Å². The third kappa shape index (κ3) is 5.73. The lowest BCUT2D eigenvalue weighted by Gasteiger charge is -2.20. The Hall–Kier alpha value is -0.0400. The largest absolute Gasteiger partial charge is 0.393 e. The average molecular weight is 254 g/mol. The summed E-state index contributed by atoms with van der Waals surface area (Å²) in [5.74, 6) is 2.83. The number of hydrogen-bond acceptors (Lipinski definition) is 1. The van der Waals surface area contributed by atoms with E-state index in [2.05, 4.69) is 27.7 Å². The Kier molecular flexibility index (Phi) is 7.29. The molecule has 1 saturated carbocycles. The van der Waals surface area contributed by atoms with Crippen LogP contribution in [0.25, 0.3) is 0 Å². The first-order chi connectivity index (χ1) is 8.50. The van der Waals surface area contributed by atoms with Crippen LogP contribution in [0.1, 0.15) is 79.1 Å². The highest BCUT2D eigenvalue weighted by Gasteiger charge is 2.33. The van der Waals surface area contributed by atoms with Gasteiger partial charge in [-0.1, -0.05) is 53.4 Å². The summed E-state index contributed by atoms with van der Waals surface area (Å²) in [4.78, 5) is 0. The van der Waals surface area contributed by atoms with Crippen LogP contribution in [0.15, 0.2) is 0 Å². The zero-order valence-electron chi connectivity index (χ0n) is 13.0. The number of hydrogen-bond donors (Lipinski definition) is 1. The van der Waals surface area contributed by atoms with Crippen LogP contribution >= 0.6 is 0 Å². The van der Waals surface area contributed by atoms with Crippen molar-refractivity contribution in [2.45, 2.75) is 85.2 Å². The Balaban J connectivity index is 2.18. The second-order valence-corrected chi connectivity index (χ2v) is 7.24. The van der Waals surface area contributed by atoms with Crippen molar-refractivity contribution in [2.24, 2.45) is 23.7 Å². The molecular formula is C17H34O. The van der Waals surface area contributed by atoms with Crippen molar-refractivity contribution in [2.75, 3.05) is 0 Å². The Morgan fingerprint density at radius 1 is 0.833 bits per heavy atom. The third-order valence-corrected chi connectivity index (χ3v) is 4.59. The lowest BCUT2D eigenvalue weighted by molar-refractivity contribution is 0.0808. The van der Waals surface area contributed by atoms with E-state index in [1.54, 1.807) is 0 Å². The maximum Gasteiger partial charge on any atom is 0.0596 e. The maximum absolute atomic E-state index is 10.4. The van der Waals surface area contributed by atoms with Gasteiger partial charge in [0.2, 0.25) is 0 Å². The van der Waals surface area contributed by atoms with Gasteiger partial charge >= 0.3 is 0 Å². The molecule has 0 aromatic heterocycles. The molecule has 0 radical (unpaired) electrons. The van der Waals surface area contributed by atoms with Crippen LogP contribution in [0.5, 0.6) is 0 Å². The highest BCUT2D eigenvalue weighted by atomic mass is 16.3. The first-order valence-electron chi connectivity index (χ1n) is 8.18. The van der Waals surface area contributed by atoms with E-state index < -0.39 is 0 Å². The van der Waals surface area contributed by atoms with Crippen molar-refractivity contribution in [3.63, 3.8) is 0 Å². The smallest absolute Gasteiger partial charge is 0.0596 e. The van der Waals surface area contributed by atoms with Crippen molar-refractivity contribution in [1.82, 2.24) is 0 Å². The van der Waals surface area contributed by atoms with Crippen molar-refractivity contribution < 1.29 is 5.11 Å². The van der Waals surface area contributed by atoms with Gasteiger partial charge < -0.3 is 5.11 Å². The first kappa shape index (κ1) is 16.0. The molecule has 18 heavy (non-hydrogen) atoms. The molecule has 0 amide bonds. The zero-order valence-corrected chi connectivity index (χ0v) is 13.0. The van der Waals surface area contributed by atoms with Gasteiger partial charge in [-0.25, -0.2) is 0 Å². The molecule has 1 aliphatic rings. The van der Waals surface area contributed by atoms with Crippen LogP contribution in [0.2, 0.25) is 0 Å². The van der Waals surface area contributed by atoms with Gasteiger partial charge in [0.1, 0.15) is 0 Å². The van der Waals surface area contributed by atoms with Crippen LogP contribution in [0.3, 0.4) is 0 Å². The molecule has 0 aliphatic heterocycles. The summed E-state index contributed by atoms with van der Waals surface area (Å²) < 4.78 is 0. The lowest BCUT2D eigenvalue weighted by Crippen LogP contribution is -2.21. The fourth-order valence-corrected chi connectivity index (χ4v) is 3.36. The minimum Gasteiger partial charge on any atom is -0.393 e. The van der Waals surface area contributed by atoms with Crippen molar-refractivity contribution in [3.8, 4) is 0 Å².